The fourth-order valence-electron chi connectivity index (χ4n) is 1.25. The van der Waals surface area contributed by atoms with E-state index in [4.69, 9.17) is 10.0 Å². The highest BCUT2D eigenvalue weighted by Crippen LogP contribution is 2.11. The van der Waals surface area contributed by atoms with Crippen molar-refractivity contribution in [3.63, 3.8) is 0 Å². The van der Waals surface area contributed by atoms with Gasteiger partial charge in [0, 0.05) is 11.5 Å². The Morgan fingerprint density at radius 1 is 1.14 bits per heavy atom. The van der Waals surface area contributed by atoms with Gasteiger partial charge in [0.15, 0.2) is 0 Å². The summed E-state index contributed by atoms with van der Waals surface area (Å²) in [7, 11) is -1.62. The molecule has 14 heavy (non-hydrogen) atoms. The van der Waals surface area contributed by atoms with Gasteiger partial charge in [0.2, 0.25) is 0 Å². The van der Waals surface area contributed by atoms with Crippen molar-refractivity contribution in [3.8, 4) is 0 Å². The maximum atomic E-state index is 12.8. The van der Waals surface area contributed by atoms with E-state index in [1.165, 1.54) is 18.2 Å². The molecule has 2 rings (SSSR count). The summed E-state index contributed by atoms with van der Waals surface area (Å²) in [5.41, 5.74) is 0.527. The van der Waals surface area contributed by atoms with Gasteiger partial charge in [0.25, 0.3) is 0 Å². The zero-order chi connectivity index (χ0) is 10.1. The number of halogens is 1. The summed E-state index contributed by atoms with van der Waals surface area (Å²) in [6, 6.07) is 7.33. The number of rotatable bonds is 1. The monoisotopic (exact) mass is 191 g/mol. The first-order valence-electron chi connectivity index (χ1n) is 4.09. The molecule has 2 aromatic rings. The van der Waals surface area contributed by atoms with Crippen LogP contribution in [-0.2, 0) is 0 Å². The predicted molar refractivity (Wildman–Crippen MR) is 51.5 cm³/mol. The quantitative estimate of drug-likeness (QED) is 0.626. The molecule has 0 aliphatic heterocycles. The molecule has 0 amide bonds. The van der Waals surface area contributed by atoms with Crippen molar-refractivity contribution in [1.82, 2.24) is 4.98 Å². The van der Waals surface area contributed by atoms with Crippen molar-refractivity contribution in [2.75, 3.05) is 0 Å². The second-order valence-electron chi connectivity index (χ2n) is 2.95. The zero-order valence-electron chi connectivity index (χ0n) is 7.18. The third kappa shape index (κ3) is 1.59. The van der Waals surface area contributed by atoms with Gasteiger partial charge in [-0.1, -0.05) is 6.07 Å². The first-order valence-corrected chi connectivity index (χ1v) is 4.09. The van der Waals surface area contributed by atoms with Gasteiger partial charge in [-0.15, -0.1) is 0 Å². The molecule has 1 aromatic heterocycles. The molecule has 0 saturated heterocycles. The van der Waals surface area contributed by atoms with E-state index in [-0.39, 0.29) is 5.59 Å². The Hall–Kier alpha value is -1.46. The molecule has 0 unspecified atom stereocenters. The number of pyridine rings is 1. The van der Waals surface area contributed by atoms with Crippen molar-refractivity contribution in [3.05, 3.63) is 36.1 Å². The lowest BCUT2D eigenvalue weighted by Crippen LogP contribution is -2.32. The lowest BCUT2D eigenvalue weighted by atomic mass is 9.85. The van der Waals surface area contributed by atoms with Gasteiger partial charge in [-0.2, -0.15) is 0 Å². The first-order chi connectivity index (χ1) is 6.66. The summed E-state index contributed by atoms with van der Waals surface area (Å²) >= 11 is 0. The van der Waals surface area contributed by atoms with Gasteiger partial charge >= 0.3 is 7.12 Å². The molecule has 0 aliphatic carbocycles. The van der Waals surface area contributed by atoms with Gasteiger partial charge in [-0.3, -0.25) is 4.98 Å². The van der Waals surface area contributed by atoms with Crippen molar-refractivity contribution in [2.45, 2.75) is 0 Å². The maximum absolute atomic E-state index is 12.8. The molecule has 1 heterocycles. The van der Waals surface area contributed by atoms with Crippen LogP contribution >= 0.6 is 0 Å². The van der Waals surface area contributed by atoms with Crippen LogP contribution in [0.15, 0.2) is 30.3 Å². The Kier molecular flexibility index (Phi) is 2.19. The van der Waals surface area contributed by atoms with Gasteiger partial charge in [0.1, 0.15) is 5.82 Å². The minimum atomic E-state index is -1.62. The third-order valence-corrected chi connectivity index (χ3v) is 1.94. The Labute approximate surface area is 80.0 Å². The fourth-order valence-corrected chi connectivity index (χ4v) is 1.25. The van der Waals surface area contributed by atoms with Crippen molar-refractivity contribution < 1.29 is 14.4 Å². The van der Waals surface area contributed by atoms with Gasteiger partial charge < -0.3 is 10.0 Å². The molecule has 0 saturated carbocycles. The molecule has 0 spiro atoms. The average molecular weight is 191 g/mol. The molecule has 2 N–H and O–H groups in total. The summed E-state index contributed by atoms with van der Waals surface area (Å²) in [5, 5.41) is 18.5. The second kappa shape index (κ2) is 3.36. The van der Waals surface area contributed by atoms with Crippen LogP contribution in [0.4, 0.5) is 4.39 Å². The summed E-state index contributed by atoms with van der Waals surface area (Å²) in [6.07, 6.45) is 0. The highest BCUT2D eigenvalue weighted by atomic mass is 19.1. The van der Waals surface area contributed by atoms with E-state index in [1.807, 2.05) is 0 Å². The van der Waals surface area contributed by atoms with Gasteiger partial charge in [-0.05, 0) is 18.2 Å². The molecule has 5 heteroatoms. The highest BCUT2D eigenvalue weighted by molar-refractivity contribution is 6.57. The number of fused-ring (bicyclic) bond motifs is 1. The van der Waals surface area contributed by atoms with Gasteiger partial charge in [0.05, 0.1) is 11.1 Å². The van der Waals surface area contributed by atoms with Crippen molar-refractivity contribution in [2.24, 2.45) is 0 Å². The molecular formula is C9H7BFNO2. The van der Waals surface area contributed by atoms with Crippen LogP contribution in [0.1, 0.15) is 0 Å². The minimum Gasteiger partial charge on any atom is -0.422 e. The Balaban J connectivity index is 2.63. The van der Waals surface area contributed by atoms with Crippen molar-refractivity contribution in [1.29, 1.82) is 0 Å². The van der Waals surface area contributed by atoms with E-state index in [9.17, 15) is 4.39 Å². The zero-order valence-corrected chi connectivity index (χ0v) is 7.18. The number of hydrogen-bond acceptors (Lipinski definition) is 3. The number of aromatic nitrogens is 1. The largest absolute Gasteiger partial charge is 0.508 e. The Morgan fingerprint density at radius 2 is 1.86 bits per heavy atom. The second-order valence-corrected chi connectivity index (χ2v) is 2.95. The maximum Gasteiger partial charge on any atom is 0.508 e. The van der Waals surface area contributed by atoms with Crippen LogP contribution < -0.4 is 5.59 Å². The standard InChI is InChI=1S/C9H7BFNO2/c11-7-3-1-6-2-4-9(10(13)14)12-8(6)5-7/h1-5,13-14H. The summed E-state index contributed by atoms with van der Waals surface area (Å²) in [6.45, 7) is 0. The Bertz CT molecular complexity index is 475. The number of nitrogens with zero attached hydrogens (tertiary/aromatic N) is 1. The van der Waals surface area contributed by atoms with E-state index in [1.54, 1.807) is 12.1 Å². The molecule has 3 nitrogen and oxygen atoms in total. The smallest absolute Gasteiger partial charge is 0.422 e. The molecule has 0 fully saturated rings. The summed E-state index contributed by atoms with van der Waals surface area (Å²) in [5.74, 6) is -0.394. The molecular weight excluding hydrogens is 184 g/mol. The molecule has 70 valence electrons. The molecule has 0 aliphatic rings. The highest BCUT2D eigenvalue weighted by Gasteiger charge is 2.12. The van der Waals surface area contributed by atoms with E-state index in [2.05, 4.69) is 4.98 Å². The van der Waals surface area contributed by atoms with Crippen LogP contribution in [0, 0.1) is 5.82 Å². The molecule has 1 aromatic carbocycles. The molecule has 0 bridgehead atoms. The average Bonchev–Trinajstić information content (AvgIpc) is 2.16. The number of benzene rings is 1. The fraction of sp³-hybridized carbons (Fsp3) is 0. The molecule has 0 atom stereocenters. The summed E-state index contributed by atoms with van der Waals surface area (Å²) < 4.78 is 12.8. The van der Waals surface area contributed by atoms with Gasteiger partial charge in [-0.25, -0.2) is 4.39 Å². The number of hydrogen-bond donors (Lipinski definition) is 2. The van der Waals surface area contributed by atoms with E-state index in [0.717, 1.165) is 5.39 Å². The van der Waals surface area contributed by atoms with Crippen LogP contribution in [0.25, 0.3) is 10.9 Å². The van der Waals surface area contributed by atoms with Crippen LogP contribution in [0.3, 0.4) is 0 Å². The third-order valence-electron chi connectivity index (χ3n) is 1.94. The van der Waals surface area contributed by atoms with Crippen LogP contribution in [0.2, 0.25) is 0 Å². The normalized spacial score (nSPS) is 10.5. The van der Waals surface area contributed by atoms with Crippen LogP contribution in [0.5, 0.6) is 0 Å². The predicted octanol–water partition coefficient (Wildman–Crippen LogP) is 0.0537. The lowest BCUT2D eigenvalue weighted by Gasteiger charge is -2.01. The first kappa shape index (κ1) is 9.11. The minimum absolute atomic E-state index is 0.114. The van der Waals surface area contributed by atoms with E-state index >= 15 is 0 Å². The lowest BCUT2D eigenvalue weighted by molar-refractivity contribution is 0.424. The topological polar surface area (TPSA) is 53.4 Å². The SMILES string of the molecule is OB(O)c1ccc2ccc(F)cc2n1. The molecule has 0 radical (unpaired) electrons. The Morgan fingerprint density at radius 3 is 2.57 bits per heavy atom. The van der Waals surface area contributed by atoms with E-state index in [0.29, 0.717) is 5.52 Å². The van der Waals surface area contributed by atoms with Crippen LogP contribution in [-0.4, -0.2) is 22.2 Å². The van der Waals surface area contributed by atoms with E-state index < -0.39 is 12.9 Å². The van der Waals surface area contributed by atoms with Crippen molar-refractivity contribution >= 4 is 23.6 Å². The summed E-state index contributed by atoms with van der Waals surface area (Å²) in [4.78, 5) is 3.90.